The summed E-state index contributed by atoms with van der Waals surface area (Å²) in [5, 5.41) is 12.8. The van der Waals surface area contributed by atoms with Crippen LogP contribution in [-0.2, 0) is 16.0 Å². The third-order valence-corrected chi connectivity index (χ3v) is 3.06. The lowest BCUT2D eigenvalue weighted by Gasteiger charge is -2.21. The van der Waals surface area contributed by atoms with Gasteiger partial charge in [-0.1, -0.05) is 5.16 Å². The first kappa shape index (κ1) is 15.7. The molecule has 0 bridgehead atoms. The second-order valence-corrected chi connectivity index (χ2v) is 4.40. The highest BCUT2D eigenvalue weighted by molar-refractivity contribution is 5.76. The Morgan fingerprint density at radius 3 is 2.68 bits per heavy atom. The molecule has 108 valence electrons. The number of amides is 1. The van der Waals surface area contributed by atoms with Gasteiger partial charge in [0.2, 0.25) is 5.91 Å². The molecule has 19 heavy (non-hydrogen) atoms. The maximum Gasteiger partial charge on any atom is 0.223 e. The van der Waals surface area contributed by atoms with Crippen LogP contribution >= 0.6 is 0 Å². The van der Waals surface area contributed by atoms with Gasteiger partial charge >= 0.3 is 0 Å². The average molecular weight is 270 g/mol. The summed E-state index contributed by atoms with van der Waals surface area (Å²) in [6, 6.07) is 0. The normalized spacial score (nSPS) is 10.7. The number of hydrogen-bond donors (Lipinski definition) is 1. The van der Waals surface area contributed by atoms with E-state index in [1.165, 1.54) is 0 Å². The number of nitrogens with zero attached hydrogens (tertiary/aromatic N) is 2. The van der Waals surface area contributed by atoms with Gasteiger partial charge in [0.1, 0.15) is 5.76 Å². The fourth-order valence-electron chi connectivity index (χ4n) is 1.93. The number of ether oxygens (including phenoxy) is 1. The molecule has 0 saturated carbocycles. The van der Waals surface area contributed by atoms with Crippen LogP contribution < -0.4 is 0 Å². The van der Waals surface area contributed by atoms with E-state index in [-0.39, 0.29) is 12.5 Å². The molecule has 6 heteroatoms. The van der Waals surface area contributed by atoms with Gasteiger partial charge in [0.05, 0.1) is 18.9 Å². The Bertz CT molecular complexity index is 384. The Labute approximate surface area is 113 Å². The molecule has 1 aromatic rings. The molecule has 0 saturated heterocycles. The number of aliphatic hydroxyl groups excluding tert-OH is 1. The molecule has 0 unspecified atom stereocenters. The van der Waals surface area contributed by atoms with Gasteiger partial charge in [-0.15, -0.1) is 0 Å². The van der Waals surface area contributed by atoms with Gasteiger partial charge in [-0.05, 0) is 20.3 Å². The van der Waals surface area contributed by atoms with Crippen molar-refractivity contribution in [2.24, 2.45) is 0 Å². The Kier molecular flexibility index (Phi) is 6.52. The van der Waals surface area contributed by atoms with E-state index in [4.69, 9.17) is 14.4 Å². The molecular weight excluding hydrogens is 248 g/mol. The molecular formula is C13H22N2O4. The number of aryl methyl sites for hydroxylation is 2. The van der Waals surface area contributed by atoms with Gasteiger partial charge in [0, 0.05) is 32.2 Å². The lowest BCUT2D eigenvalue weighted by Crippen LogP contribution is -2.36. The zero-order valence-corrected chi connectivity index (χ0v) is 11.8. The lowest BCUT2D eigenvalue weighted by molar-refractivity contribution is -0.132. The summed E-state index contributed by atoms with van der Waals surface area (Å²) in [6.07, 6.45) is 0.988. The predicted octanol–water partition coefficient (Wildman–Crippen LogP) is 0.691. The molecule has 1 aromatic heterocycles. The number of aliphatic hydroxyl groups is 1. The Balaban J connectivity index is 2.52. The van der Waals surface area contributed by atoms with Crippen molar-refractivity contribution in [3.05, 3.63) is 17.0 Å². The zero-order valence-electron chi connectivity index (χ0n) is 11.8. The molecule has 0 atom stereocenters. The van der Waals surface area contributed by atoms with E-state index in [9.17, 15) is 4.79 Å². The van der Waals surface area contributed by atoms with E-state index in [1.54, 1.807) is 12.0 Å². The van der Waals surface area contributed by atoms with Crippen LogP contribution in [-0.4, -0.2) is 54.5 Å². The highest BCUT2D eigenvalue weighted by Crippen LogP contribution is 2.14. The monoisotopic (exact) mass is 270 g/mol. The molecule has 1 rings (SSSR count). The minimum absolute atomic E-state index is 0.00565. The first-order valence-electron chi connectivity index (χ1n) is 6.39. The van der Waals surface area contributed by atoms with E-state index in [0.29, 0.717) is 32.5 Å². The molecule has 6 nitrogen and oxygen atoms in total. The predicted molar refractivity (Wildman–Crippen MR) is 69.8 cm³/mol. The number of aromatic nitrogens is 1. The van der Waals surface area contributed by atoms with Crippen LogP contribution in [0.2, 0.25) is 0 Å². The van der Waals surface area contributed by atoms with Crippen LogP contribution in [0.1, 0.15) is 23.4 Å². The quantitative estimate of drug-likeness (QED) is 0.752. The fourth-order valence-corrected chi connectivity index (χ4v) is 1.93. The maximum atomic E-state index is 12.1. The van der Waals surface area contributed by atoms with Gasteiger partial charge in [-0.2, -0.15) is 0 Å². The highest BCUT2D eigenvalue weighted by Gasteiger charge is 2.15. The van der Waals surface area contributed by atoms with E-state index in [1.807, 2.05) is 13.8 Å². The van der Waals surface area contributed by atoms with Gasteiger partial charge < -0.3 is 19.3 Å². The molecule has 0 spiro atoms. The van der Waals surface area contributed by atoms with Gasteiger partial charge in [-0.3, -0.25) is 4.79 Å². The molecule has 0 aliphatic rings. The summed E-state index contributed by atoms with van der Waals surface area (Å²) in [7, 11) is 1.59. The topological polar surface area (TPSA) is 75.8 Å². The van der Waals surface area contributed by atoms with Crippen LogP contribution in [0.4, 0.5) is 0 Å². The van der Waals surface area contributed by atoms with Crippen LogP contribution in [0.15, 0.2) is 4.52 Å². The van der Waals surface area contributed by atoms with Crippen LogP contribution in [0.3, 0.4) is 0 Å². The fraction of sp³-hybridized carbons (Fsp3) is 0.692. The summed E-state index contributed by atoms with van der Waals surface area (Å²) < 4.78 is 10.0. The molecule has 1 amide bonds. The number of methoxy groups -OCH3 is 1. The van der Waals surface area contributed by atoms with E-state index >= 15 is 0 Å². The minimum Gasteiger partial charge on any atom is -0.395 e. The Morgan fingerprint density at radius 1 is 1.42 bits per heavy atom. The van der Waals surface area contributed by atoms with Crippen molar-refractivity contribution >= 4 is 5.91 Å². The van der Waals surface area contributed by atoms with Crippen LogP contribution in [0.5, 0.6) is 0 Å². The third kappa shape index (κ3) is 4.65. The van der Waals surface area contributed by atoms with Crippen molar-refractivity contribution < 1.29 is 19.2 Å². The summed E-state index contributed by atoms with van der Waals surface area (Å²) in [5.41, 5.74) is 1.82. The Hall–Kier alpha value is -1.40. The third-order valence-electron chi connectivity index (χ3n) is 3.06. The van der Waals surface area contributed by atoms with Crippen LogP contribution in [0.25, 0.3) is 0 Å². The SMILES string of the molecule is COCCN(CCO)C(=O)CCc1c(C)noc1C. The van der Waals surface area contributed by atoms with Gasteiger partial charge in [-0.25, -0.2) is 0 Å². The minimum atomic E-state index is -0.0409. The smallest absolute Gasteiger partial charge is 0.223 e. The van der Waals surface area contributed by atoms with Gasteiger partial charge in [0.25, 0.3) is 0 Å². The first-order valence-corrected chi connectivity index (χ1v) is 6.39. The van der Waals surface area contributed by atoms with Gasteiger partial charge in [0.15, 0.2) is 0 Å². The molecule has 1 N–H and O–H groups in total. The van der Waals surface area contributed by atoms with E-state index < -0.39 is 0 Å². The molecule has 1 heterocycles. The summed E-state index contributed by atoms with van der Waals surface area (Å²) in [5.74, 6) is 0.766. The molecule has 0 aliphatic carbocycles. The summed E-state index contributed by atoms with van der Waals surface area (Å²) in [6.45, 7) is 4.97. The number of rotatable bonds is 8. The van der Waals surface area contributed by atoms with Crippen molar-refractivity contribution in [2.75, 3.05) is 33.4 Å². The number of hydrogen-bond acceptors (Lipinski definition) is 5. The molecule has 0 fully saturated rings. The van der Waals surface area contributed by atoms with Crippen molar-refractivity contribution in [3.63, 3.8) is 0 Å². The number of carbonyl (C=O) groups is 1. The summed E-state index contributed by atoms with van der Waals surface area (Å²) >= 11 is 0. The largest absolute Gasteiger partial charge is 0.395 e. The van der Waals surface area contributed by atoms with Crippen molar-refractivity contribution in [2.45, 2.75) is 26.7 Å². The van der Waals surface area contributed by atoms with Crippen LogP contribution in [0, 0.1) is 13.8 Å². The average Bonchev–Trinajstić information content (AvgIpc) is 2.71. The van der Waals surface area contributed by atoms with Crippen molar-refractivity contribution in [1.82, 2.24) is 10.1 Å². The highest BCUT2D eigenvalue weighted by atomic mass is 16.5. The Morgan fingerprint density at radius 2 is 2.16 bits per heavy atom. The van der Waals surface area contributed by atoms with E-state index in [2.05, 4.69) is 5.16 Å². The second-order valence-electron chi connectivity index (χ2n) is 4.40. The molecule has 0 aliphatic heterocycles. The van der Waals surface area contributed by atoms with Crippen molar-refractivity contribution in [3.8, 4) is 0 Å². The summed E-state index contributed by atoms with van der Waals surface area (Å²) in [4.78, 5) is 13.7. The standard InChI is InChI=1S/C13H22N2O4/c1-10-12(11(2)19-14-10)4-5-13(17)15(6-8-16)7-9-18-3/h16H,4-9H2,1-3H3. The zero-order chi connectivity index (χ0) is 14.3. The second kappa shape index (κ2) is 7.91. The van der Waals surface area contributed by atoms with E-state index in [0.717, 1.165) is 17.0 Å². The van der Waals surface area contributed by atoms with Crippen molar-refractivity contribution in [1.29, 1.82) is 0 Å². The first-order chi connectivity index (χ1) is 9.10. The maximum absolute atomic E-state index is 12.1. The molecule has 0 aromatic carbocycles. The lowest BCUT2D eigenvalue weighted by atomic mass is 10.1. The number of carbonyl (C=O) groups excluding carboxylic acids is 1. The molecule has 0 radical (unpaired) electrons.